The number of hydrogen-bond donors (Lipinski definition) is 2. The molecule has 1 aromatic rings. The second-order valence-electron chi connectivity index (χ2n) is 3.95. The van der Waals surface area contributed by atoms with E-state index in [9.17, 15) is 0 Å². The number of halogens is 1. The number of ether oxygens (including phenoxy) is 1. The molecule has 0 spiro atoms. The van der Waals surface area contributed by atoms with Crippen LogP contribution in [-0.2, 0) is 6.42 Å². The normalized spacial score (nSPS) is 14.7. The molecule has 3 nitrogen and oxygen atoms in total. The van der Waals surface area contributed by atoms with Crippen molar-refractivity contribution in [2.24, 2.45) is 5.73 Å². The third-order valence-corrected chi connectivity index (χ3v) is 2.69. The van der Waals surface area contributed by atoms with Gasteiger partial charge in [-0.15, -0.1) is 0 Å². The van der Waals surface area contributed by atoms with Crippen molar-refractivity contribution in [2.75, 3.05) is 13.7 Å². The van der Waals surface area contributed by atoms with E-state index in [4.69, 9.17) is 15.6 Å². The first-order valence-electron chi connectivity index (χ1n) is 4.70. The molecule has 1 atom stereocenters. The molecule has 0 aliphatic rings. The van der Waals surface area contributed by atoms with Crippen LogP contribution in [0.1, 0.15) is 12.5 Å². The molecular weight excluding hydrogens is 258 g/mol. The SMILES string of the molecule is COc1ccc(Br)cc1CC(C)(N)CO. The first-order chi connectivity index (χ1) is 6.98. The summed E-state index contributed by atoms with van der Waals surface area (Å²) in [5, 5.41) is 9.11. The Balaban J connectivity index is 2.97. The van der Waals surface area contributed by atoms with E-state index in [-0.39, 0.29) is 6.61 Å². The molecular formula is C11H16BrNO2. The number of rotatable bonds is 4. The lowest BCUT2D eigenvalue weighted by Crippen LogP contribution is -2.42. The molecule has 0 aliphatic carbocycles. The van der Waals surface area contributed by atoms with Gasteiger partial charge in [-0.05, 0) is 37.1 Å². The van der Waals surface area contributed by atoms with Gasteiger partial charge < -0.3 is 15.6 Å². The van der Waals surface area contributed by atoms with Gasteiger partial charge in [0.25, 0.3) is 0 Å². The molecule has 84 valence electrons. The van der Waals surface area contributed by atoms with Gasteiger partial charge in [0.05, 0.1) is 13.7 Å². The van der Waals surface area contributed by atoms with Crippen LogP contribution >= 0.6 is 15.9 Å². The number of aliphatic hydroxyl groups is 1. The molecule has 0 saturated heterocycles. The van der Waals surface area contributed by atoms with Crippen molar-refractivity contribution in [3.05, 3.63) is 28.2 Å². The highest BCUT2D eigenvalue weighted by molar-refractivity contribution is 9.10. The largest absolute Gasteiger partial charge is 0.496 e. The van der Waals surface area contributed by atoms with Gasteiger partial charge in [0.2, 0.25) is 0 Å². The summed E-state index contributed by atoms with van der Waals surface area (Å²) in [5.41, 5.74) is 6.28. The molecule has 1 rings (SSSR count). The second kappa shape index (κ2) is 4.96. The molecule has 0 radical (unpaired) electrons. The van der Waals surface area contributed by atoms with Crippen molar-refractivity contribution >= 4 is 15.9 Å². The number of benzene rings is 1. The standard InChI is InChI=1S/C11H16BrNO2/c1-11(13,7-14)6-8-5-9(12)3-4-10(8)15-2/h3-5,14H,6-7,13H2,1-2H3. The summed E-state index contributed by atoms with van der Waals surface area (Å²) in [4.78, 5) is 0. The van der Waals surface area contributed by atoms with E-state index in [1.807, 2.05) is 25.1 Å². The number of aliphatic hydroxyl groups excluding tert-OH is 1. The van der Waals surface area contributed by atoms with Crippen molar-refractivity contribution in [3.63, 3.8) is 0 Å². The third kappa shape index (κ3) is 3.48. The van der Waals surface area contributed by atoms with Gasteiger partial charge in [-0.25, -0.2) is 0 Å². The molecule has 0 heterocycles. The fraction of sp³-hybridized carbons (Fsp3) is 0.455. The highest BCUT2D eigenvalue weighted by Gasteiger charge is 2.19. The first kappa shape index (κ1) is 12.5. The van der Waals surface area contributed by atoms with E-state index in [1.54, 1.807) is 7.11 Å². The van der Waals surface area contributed by atoms with Crippen LogP contribution in [0, 0.1) is 0 Å². The maximum absolute atomic E-state index is 9.11. The minimum Gasteiger partial charge on any atom is -0.496 e. The summed E-state index contributed by atoms with van der Waals surface area (Å²) in [6.07, 6.45) is 0.576. The first-order valence-corrected chi connectivity index (χ1v) is 5.50. The van der Waals surface area contributed by atoms with Gasteiger partial charge in [0, 0.05) is 10.0 Å². The highest BCUT2D eigenvalue weighted by Crippen LogP contribution is 2.25. The zero-order valence-corrected chi connectivity index (χ0v) is 10.5. The van der Waals surface area contributed by atoms with Crippen LogP contribution in [0.25, 0.3) is 0 Å². The fourth-order valence-corrected chi connectivity index (χ4v) is 1.78. The Bertz CT molecular complexity index is 339. The van der Waals surface area contributed by atoms with Crippen LogP contribution in [0.4, 0.5) is 0 Å². The summed E-state index contributed by atoms with van der Waals surface area (Å²) in [6.45, 7) is 1.76. The minimum atomic E-state index is -0.617. The predicted octanol–water partition coefficient (Wildman–Crippen LogP) is 1.71. The van der Waals surface area contributed by atoms with E-state index in [1.165, 1.54) is 0 Å². The zero-order valence-electron chi connectivity index (χ0n) is 8.96. The predicted molar refractivity (Wildman–Crippen MR) is 64.1 cm³/mol. The van der Waals surface area contributed by atoms with Crippen molar-refractivity contribution in [1.29, 1.82) is 0 Å². The molecule has 0 saturated carbocycles. The molecule has 1 unspecified atom stereocenters. The molecule has 15 heavy (non-hydrogen) atoms. The molecule has 0 bridgehead atoms. The van der Waals surface area contributed by atoms with Crippen molar-refractivity contribution in [2.45, 2.75) is 18.9 Å². The van der Waals surface area contributed by atoms with Gasteiger partial charge in [-0.2, -0.15) is 0 Å². The van der Waals surface area contributed by atoms with Crippen LogP contribution in [0.2, 0.25) is 0 Å². The van der Waals surface area contributed by atoms with Crippen molar-refractivity contribution in [3.8, 4) is 5.75 Å². The molecule has 0 fully saturated rings. The number of nitrogens with two attached hydrogens (primary N) is 1. The molecule has 3 N–H and O–H groups in total. The average molecular weight is 274 g/mol. The van der Waals surface area contributed by atoms with Crippen LogP contribution in [0.5, 0.6) is 5.75 Å². The van der Waals surface area contributed by atoms with Gasteiger partial charge in [0.1, 0.15) is 5.75 Å². The Hall–Kier alpha value is -0.580. The molecule has 4 heteroatoms. The van der Waals surface area contributed by atoms with Crippen LogP contribution in [-0.4, -0.2) is 24.4 Å². The van der Waals surface area contributed by atoms with Crippen LogP contribution in [0.15, 0.2) is 22.7 Å². The fourth-order valence-electron chi connectivity index (χ4n) is 1.38. The Morgan fingerprint density at radius 3 is 2.73 bits per heavy atom. The number of hydrogen-bond acceptors (Lipinski definition) is 3. The summed E-state index contributed by atoms with van der Waals surface area (Å²) in [6, 6.07) is 5.75. The lowest BCUT2D eigenvalue weighted by atomic mass is 9.94. The Morgan fingerprint density at radius 2 is 2.20 bits per heavy atom. The smallest absolute Gasteiger partial charge is 0.122 e. The topological polar surface area (TPSA) is 55.5 Å². The summed E-state index contributed by atoms with van der Waals surface area (Å²) in [7, 11) is 1.62. The van der Waals surface area contributed by atoms with E-state index in [0.717, 1.165) is 15.8 Å². The molecule has 0 aliphatic heterocycles. The third-order valence-electron chi connectivity index (χ3n) is 2.20. The Kier molecular flexibility index (Phi) is 4.13. The van der Waals surface area contributed by atoms with Crippen LogP contribution in [0.3, 0.4) is 0 Å². The summed E-state index contributed by atoms with van der Waals surface area (Å²) < 4.78 is 6.21. The molecule has 0 amide bonds. The average Bonchev–Trinajstić information content (AvgIpc) is 2.18. The Labute approximate surface area is 98.4 Å². The molecule has 1 aromatic carbocycles. The maximum atomic E-state index is 9.11. The maximum Gasteiger partial charge on any atom is 0.122 e. The van der Waals surface area contributed by atoms with E-state index in [0.29, 0.717) is 6.42 Å². The highest BCUT2D eigenvalue weighted by atomic mass is 79.9. The summed E-state index contributed by atoms with van der Waals surface area (Å²) in [5.74, 6) is 0.795. The monoisotopic (exact) mass is 273 g/mol. The minimum absolute atomic E-state index is 0.0529. The lowest BCUT2D eigenvalue weighted by molar-refractivity contribution is 0.207. The zero-order chi connectivity index (χ0) is 11.5. The van der Waals surface area contributed by atoms with Crippen molar-refractivity contribution in [1.82, 2.24) is 0 Å². The van der Waals surface area contributed by atoms with E-state index < -0.39 is 5.54 Å². The van der Waals surface area contributed by atoms with E-state index >= 15 is 0 Å². The van der Waals surface area contributed by atoms with Crippen molar-refractivity contribution < 1.29 is 9.84 Å². The summed E-state index contributed by atoms with van der Waals surface area (Å²) >= 11 is 3.40. The molecule has 0 aromatic heterocycles. The van der Waals surface area contributed by atoms with Gasteiger partial charge in [0.15, 0.2) is 0 Å². The van der Waals surface area contributed by atoms with Gasteiger partial charge in [-0.3, -0.25) is 0 Å². The second-order valence-corrected chi connectivity index (χ2v) is 4.86. The van der Waals surface area contributed by atoms with Gasteiger partial charge >= 0.3 is 0 Å². The van der Waals surface area contributed by atoms with Crippen LogP contribution < -0.4 is 10.5 Å². The number of methoxy groups -OCH3 is 1. The quantitative estimate of drug-likeness (QED) is 0.878. The van der Waals surface area contributed by atoms with E-state index in [2.05, 4.69) is 15.9 Å². The van der Waals surface area contributed by atoms with Gasteiger partial charge in [-0.1, -0.05) is 15.9 Å². The lowest BCUT2D eigenvalue weighted by Gasteiger charge is -2.22. The Morgan fingerprint density at radius 1 is 1.53 bits per heavy atom.